The molecule has 0 aliphatic rings. The Morgan fingerprint density at radius 3 is 2.58 bits per heavy atom. The minimum Gasteiger partial charge on any atom is -0.456 e. The van der Waals surface area contributed by atoms with Crippen LogP contribution >= 0.6 is 0 Å². The Bertz CT molecular complexity index is 1310. The van der Waals surface area contributed by atoms with E-state index in [1.165, 1.54) is 0 Å². The lowest BCUT2D eigenvalue weighted by molar-refractivity contribution is -0.666. The number of furan rings is 1. The first-order chi connectivity index (χ1) is 13.3. The summed E-state index contributed by atoms with van der Waals surface area (Å²) in [5.74, 6) is 0. The van der Waals surface area contributed by atoms with E-state index in [1.54, 1.807) is 6.07 Å². The second-order valence-corrected chi connectivity index (χ2v) is 6.85. The highest BCUT2D eigenvalue weighted by Gasteiger charge is 2.22. The minimum absolute atomic E-state index is 0.340. The fraction of sp³-hybridized carbons (Fsp3) is 0.217. The molecule has 0 spiro atoms. The van der Waals surface area contributed by atoms with Gasteiger partial charge in [-0.25, -0.2) is 4.85 Å². The lowest BCUT2D eigenvalue weighted by Gasteiger charge is -2.08. The van der Waals surface area contributed by atoms with Crippen LogP contribution < -0.4 is 4.57 Å². The second-order valence-electron chi connectivity index (χ2n) is 6.85. The maximum atomic E-state index is 8.70. The number of fused-ring (bicyclic) bond motifs is 3. The molecule has 0 bridgehead atoms. The lowest BCUT2D eigenvalue weighted by Crippen LogP contribution is -2.35. The van der Waals surface area contributed by atoms with E-state index in [0.717, 1.165) is 44.4 Å². The average Bonchev–Trinajstić information content (AvgIpc) is 3.05. The van der Waals surface area contributed by atoms with Crippen LogP contribution in [0.2, 0.25) is 0 Å². The SMILES string of the molecule is [2H]c1c(C)c([2H])c(-c2c(C)ccc3c2oc2cc([N+]#[C-])cc(C)c23)[n+](C)c1C. The van der Waals surface area contributed by atoms with Gasteiger partial charge in [0.2, 0.25) is 5.69 Å². The summed E-state index contributed by atoms with van der Waals surface area (Å²) < 4.78 is 25.2. The molecule has 0 saturated heterocycles. The largest absolute Gasteiger partial charge is 0.456 e. The van der Waals surface area contributed by atoms with Crippen LogP contribution in [0.4, 0.5) is 5.69 Å². The predicted molar refractivity (Wildman–Crippen MR) is 106 cm³/mol. The Balaban J connectivity index is 2.21. The minimum atomic E-state index is 0.340. The maximum Gasteiger partial charge on any atom is 0.216 e. The molecule has 2 heterocycles. The number of aryl methyl sites for hydroxylation is 2. The Morgan fingerprint density at radius 1 is 1.08 bits per heavy atom. The molecule has 0 amide bonds. The third-order valence-corrected chi connectivity index (χ3v) is 5.01. The summed E-state index contributed by atoms with van der Waals surface area (Å²) in [7, 11) is 1.89. The number of pyridine rings is 1. The first kappa shape index (κ1) is 14.1. The van der Waals surface area contributed by atoms with E-state index in [-0.39, 0.29) is 0 Å². The molecule has 3 heteroatoms. The molecule has 0 aliphatic carbocycles. The van der Waals surface area contributed by atoms with Gasteiger partial charge in [-0.2, -0.15) is 4.57 Å². The smallest absolute Gasteiger partial charge is 0.216 e. The molecule has 4 rings (SSSR count). The molecule has 3 nitrogen and oxygen atoms in total. The highest BCUT2D eigenvalue weighted by atomic mass is 16.3. The molecule has 0 fully saturated rings. The molecule has 2 aromatic heterocycles. The predicted octanol–water partition coefficient (Wildman–Crippen LogP) is 5.86. The van der Waals surface area contributed by atoms with Crippen LogP contribution in [0.25, 0.3) is 38.0 Å². The molecule has 0 unspecified atom stereocenters. The van der Waals surface area contributed by atoms with Crippen molar-refractivity contribution in [3.63, 3.8) is 0 Å². The Hall–Kier alpha value is -3.12. The van der Waals surface area contributed by atoms with E-state index in [1.807, 2.05) is 57.5 Å². The van der Waals surface area contributed by atoms with Gasteiger partial charge in [0, 0.05) is 29.8 Å². The first-order valence-electron chi connectivity index (χ1n) is 9.57. The van der Waals surface area contributed by atoms with Gasteiger partial charge in [-0.1, -0.05) is 18.2 Å². The van der Waals surface area contributed by atoms with Gasteiger partial charge < -0.3 is 4.42 Å². The monoisotopic (exact) mass is 343 g/mol. The van der Waals surface area contributed by atoms with Crippen molar-refractivity contribution in [2.75, 3.05) is 0 Å². The van der Waals surface area contributed by atoms with Crippen molar-refractivity contribution in [2.24, 2.45) is 7.05 Å². The van der Waals surface area contributed by atoms with Crippen molar-refractivity contribution in [1.29, 1.82) is 0 Å². The van der Waals surface area contributed by atoms with Gasteiger partial charge in [0.05, 0.1) is 14.9 Å². The first-order valence-corrected chi connectivity index (χ1v) is 8.57. The summed E-state index contributed by atoms with van der Waals surface area (Å²) in [6, 6.07) is 8.48. The zero-order valence-electron chi connectivity index (χ0n) is 17.6. The normalized spacial score (nSPS) is 12.3. The Kier molecular flexibility index (Phi) is 3.09. The van der Waals surface area contributed by atoms with Gasteiger partial charge in [0.15, 0.2) is 11.4 Å². The molecule has 26 heavy (non-hydrogen) atoms. The lowest BCUT2D eigenvalue weighted by atomic mass is 9.98. The number of hydrogen-bond acceptors (Lipinski definition) is 1. The molecular formula is C23H21N2O+. The van der Waals surface area contributed by atoms with Crippen molar-refractivity contribution in [3.05, 3.63) is 70.2 Å². The molecule has 2 aromatic carbocycles. The Labute approximate surface area is 156 Å². The fourth-order valence-corrected chi connectivity index (χ4v) is 3.66. The molecule has 128 valence electrons. The molecule has 0 atom stereocenters. The van der Waals surface area contributed by atoms with Crippen molar-refractivity contribution in [2.45, 2.75) is 27.7 Å². The molecule has 0 saturated carbocycles. The number of aromatic nitrogens is 1. The average molecular weight is 343 g/mol. The summed E-state index contributed by atoms with van der Waals surface area (Å²) in [5, 5.41) is 1.98. The van der Waals surface area contributed by atoms with Crippen LogP contribution in [0.5, 0.6) is 0 Å². The van der Waals surface area contributed by atoms with Gasteiger partial charge in [0.1, 0.15) is 18.2 Å². The van der Waals surface area contributed by atoms with Crippen LogP contribution in [-0.4, -0.2) is 0 Å². The highest BCUT2D eigenvalue weighted by molar-refractivity contribution is 6.11. The van der Waals surface area contributed by atoms with Crippen molar-refractivity contribution < 1.29 is 11.7 Å². The van der Waals surface area contributed by atoms with Gasteiger partial charge in [-0.05, 0) is 43.5 Å². The van der Waals surface area contributed by atoms with E-state index in [2.05, 4.69) is 4.85 Å². The molecule has 0 aliphatic heterocycles. The van der Waals surface area contributed by atoms with E-state index in [4.69, 9.17) is 13.7 Å². The van der Waals surface area contributed by atoms with Gasteiger partial charge in [-0.3, -0.25) is 0 Å². The standard InChI is InChI=1S/C23H21N2O/c1-13-9-16(4)25(6)19(10-13)22-14(2)7-8-18-21-15(3)11-17(24-5)12-20(21)26-23(18)22/h7-12H,1-4,6H3/q+1/i9D,10D. The van der Waals surface area contributed by atoms with Crippen LogP contribution in [0.15, 0.2) is 40.8 Å². The van der Waals surface area contributed by atoms with Crippen LogP contribution in [-0.2, 0) is 7.05 Å². The van der Waals surface area contributed by atoms with Crippen LogP contribution in [0, 0.1) is 34.3 Å². The summed E-state index contributed by atoms with van der Waals surface area (Å²) >= 11 is 0. The summed E-state index contributed by atoms with van der Waals surface area (Å²) in [4.78, 5) is 3.55. The summed E-state index contributed by atoms with van der Waals surface area (Å²) in [5.41, 5.74) is 7.06. The number of benzene rings is 2. The Morgan fingerprint density at radius 2 is 1.85 bits per heavy atom. The molecule has 0 N–H and O–H groups in total. The van der Waals surface area contributed by atoms with Gasteiger partial charge >= 0.3 is 0 Å². The summed E-state index contributed by atoms with van der Waals surface area (Å²) in [6.45, 7) is 15.0. The zero-order valence-corrected chi connectivity index (χ0v) is 15.6. The highest BCUT2D eigenvalue weighted by Crippen LogP contribution is 2.39. The van der Waals surface area contributed by atoms with Crippen molar-refractivity contribution in [1.82, 2.24) is 0 Å². The van der Waals surface area contributed by atoms with E-state index in [0.29, 0.717) is 28.9 Å². The molecule has 0 radical (unpaired) electrons. The number of nitrogens with zero attached hydrogens (tertiary/aromatic N) is 2. The third-order valence-electron chi connectivity index (χ3n) is 5.01. The van der Waals surface area contributed by atoms with E-state index in [9.17, 15) is 0 Å². The zero-order chi connectivity index (χ0) is 20.3. The molecular weight excluding hydrogens is 320 g/mol. The second kappa shape index (κ2) is 5.71. The van der Waals surface area contributed by atoms with Crippen molar-refractivity contribution in [3.8, 4) is 11.3 Å². The summed E-state index contributed by atoms with van der Waals surface area (Å²) in [6.07, 6.45) is 0. The number of rotatable bonds is 1. The van der Waals surface area contributed by atoms with Gasteiger partial charge in [-0.15, -0.1) is 0 Å². The van der Waals surface area contributed by atoms with Crippen molar-refractivity contribution >= 4 is 27.6 Å². The van der Waals surface area contributed by atoms with E-state index < -0.39 is 0 Å². The van der Waals surface area contributed by atoms with Gasteiger partial charge in [0.25, 0.3) is 0 Å². The third kappa shape index (κ3) is 2.30. The van der Waals surface area contributed by atoms with Crippen LogP contribution in [0.3, 0.4) is 0 Å². The fourth-order valence-electron chi connectivity index (χ4n) is 3.66. The maximum absolute atomic E-state index is 8.70. The topological polar surface area (TPSA) is 21.4 Å². The molecule has 4 aromatic rings. The van der Waals surface area contributed by atoms with Crippen LogP contribution in [0.1, 0.15) is 25.1 Å². The quantitative estimate of drug-likeness (QED) is 0.313. The van der Waals surface area contributed by atoms with E-state index >= 15 is 0 Å². The number of hydrogen-bond donors (Lipinski definition) is 0.